The zero-order valence-corrected chi connectivity index (χ0v) is 17.3. The summed E-state index contributed by atoms with van der Waals surface area (Å²) in [4.78, 5) is 20.7. The third kappa shape index (κ3) is 3.65. The van der Waals surface area contributed by atoms with Crippen LogP contribution in [-0.2, 0) is 17.8 Å². The van der Waals surface area contributed by atoms with Gasteiger partial charge in [-0.15, -0.1) is 11.3 Å². The summed E-state index contributed by atoms with van der Waals surface area (Å²) in [5, 5.41) is 13.4. The second kappa shape index (κ2) is 7.95. The van der Waals surface area contributed by atoms with Gasteiger partial charge in [0.2, 0.25) is 5.91 Å². The normalized spacial score (nSPS) is 15.2. The fourth-order valence-corrected chi connectivity index (χ4v) is 5.42. The SMILES string of the molecule is CCC(Sc1nc2ccccc2o1)C(=O)Nc1sc2c(c1C#N)CCN(C)C2. The highest BCUT2D eigenvalue weighted by Crippen LogP contribution is 2.37. The number of aromatic nitrogens is 1. The third-order valence-electron chi connectivity index (χ3n) is 4.78. The van der Waals surface area contributed by atoms with Crippen molar-refractivity contribution in [1.82, 2.24) is 9.88 Å². The van der Waals surface area contributed by atoms with Crippen molar-refractivity contribution in [2.24, 2.45) is 0 Å². The lowest BCUT2D eigenvalue weighted by Gasteiger charge is -2.21. The van der Waals surface area contributed by atoms with Gasteiger partial charge in [0, 0.05) is 18.0 Å². The van der Waals surface area contributed by atoms with Gasteiger partial charge in [-0.05, 0) is 37.6 Å². The summed E-state index contributed by atoms with van der Waals surface area (Å²) in [6.45, 7) is 3.70. The van der Waals surface area contributed by atoms with Gasteiger partial charge in [0.25, 0.3) is 5.22 Å². The largest absolute Gasteiger partial charge is 0.431 e. The minimum Gasteiger partial charge on any atom is -0.431 e. The molecule has 28 heavy (non-hydrogen) atoms. The number of anilines is 1. The monoisotopic (exact) mass is 412 g/mol. The first-order valence-corrected chi connectivity index (χ1v) is 10.8. The van der Waals surface area contributed by atoms with Gasteiger partial charge in [-0.3, -0.25) is 4.79 Å². The van der Waals surface area contributed by atoms with Crippen LogP contribution in [0, 0.1) is 11.3 Å². The summed E-state index contributed by atoms with van der Waals surface area (Å²) in [6, 6.07) is 9.83. The maximum absolute atomic E-state index is 12.9. The smallest absolute Gasteiger partial charge is 0.257 e. The number of rotatable bonds is 5. The number of nitrogens with zero attached hydrogens (tertiary/aromatic N) is 3. The number of para-hydroxylation sites is 2. The van der Waals surface area contributed by atoms with Crippen molar-refractivity contribution < 1.29 is 9.21 Å². The molecule has 6 nitrogen and oxygen atoms in total. The molecule has 0 saturated heterocycles. The molecule has 3 aromatic rings. The molecule has 8 heteroatoms. The first-order valence-electron chi connectivity index (χ1n) is 9.15. The average Bonchev–Trinajstić information content (AvgIpc) is 3.25. The van der Waals surface area contributed by atoms with Crippen LogP contribution in [0.2, 0.25) is 0 Å². The summed E-state index contributed by atoms with van der Waals surface area (Å²) < 4.78 is 5.74. The number of oxazole rings is 1. The number of nitriles is 1. The molecule has 4 rings (SSSR count). The van der Waals surface area contributed by atoms with E-state index in [2.05, 4.69) is 28.3 Å². The zero-order valence-electron chi connectivity index (χ0n) is 15.7. The van der Waals surface area contributed by atoms with Crippen LogP contribution in [-0.4, -0.2) is 34.6 Å². The number of fused-ring (bicyclic) bond motifs is 2. The Labute approximate surface area is 171 Å². The van der Waals surface area contributed by atoms with Crippen molar-refractivity contribution in [2.45, 2.75) is 36.8 Å². The summed E-state index contributed by atoms with van der Waals surface area (Å²) in [6.07, 6.45) is 1.47. The highest BCUT2D eigenvalue weighted by atomic mass is 32.2. The molecule has 144 valence electrons. The Morgan fingerprint density at radius 1 is 1.50 bits per heavy atom. The van der Waals surface area contributed by atoms with E-state index < -0.39 is 0 Å². The summed E-state index contributed by atoms with van der Waals surface area (Å²) >= 11 is 2.83. The number of carbonyl (C=O) groups is 1. The molecule has 1 unspecified atom stereocenters. The number of thiophene rings is 1. The van der Waals surface area contributed by atoms with E-state index in [9.17, 15) is 10.1 Å². The molecule has 1 atom stereocenters. The standard InChI is InChI=1S/C20H20N4O2S2/c1-3-16(28-20-22-14-6-4-5-7-15(14)26-20)18(25)23-19-13(10-21)12-8-9-24(2)11-17(12)27-19/h4-7,16H,3,8-9,11H2,1-2H3,(H,23,25). The number of hydrogen-bond donors (Lipinski definition) is 1. The predicted octanol–water partition coefficient (Wildman–Crippen LogP) is 4.26. The first kappa shape index (κ1) is 19.0. The van der Waals surface area contributed by atoms with Gasteiger partial charge >= 0.3 is 0 Å². The molecule has 2 aromatic heterocycles. The van der Waals surface area contributed by atoms with E-state index in [1.54, 1.807) is 0 Å². The van der Waals surface area contributed by atoms with Gasteiger partial charge in [-0.2, -0.15) is 5.26 Å². The van der Waals surface area contributed by atoms with E-state index in [1.807, 2.05) is 31.2 Å². The molecule has 0 spiro atoms. The summed E-state index contributed by atoms with van der Waals surface area (Å²) in [7, 11) is 2.07. The number of hydrogen-bond acceptors (Lipinski definition) is 7. The van der Waals surface area contributed by atoms with Crippen LogP contribution in [0.4, 0.5) is 5.00 Å². The zero-order chi connectivity index (χ0) is 19.7. The molecule has 0 bridgehead atoms. The highest BCUT2D eigenvalue weighted by Gasteiger charge is 2.26. The van der Waals surface area contributed by atoms with Crippen LogP contribution in [0.1, 0.15) is 29.3 Å². The summed E-state index contributed by atoms with van der Waals surface area (Å²) in [5.41, 5.74) is 3.19. The predicted molar refractivity (Wildman–Crippen MR) is 112 cm³/mol. The molecule has 0 fully saturated rings. The van der Waals surface area contributed by atoms with Crippen molar-refractivity contribution in [1.29, 1.82) is 5.26 Å². The number of carbonyl (C=O) groups excluding carboxylic acids is 1. The molecule has 0 aliphatic carbocycles. The Balaban J connectivity index is 1.52. The Morgan fingerprint density at radius 2 is 2.32 bits per heavy atom. The second-order valence-corrected chi connectivity index (χ2v) is 9.02. The van der Waals surface area contributed by atoms with Crippen molar-refractivity contribution in [3.05, 3.63) is 40.3 Å². The lowest BCUT2D eigenvalue weighted by Crippen LogP contribution is -2.25. The number of likely N-dealkylation sites (N-methyl/N-ethyl adjacent to an activating group) is 1. The van der Waals surface area contributed by atoms with E-state index >= 15 is 0 Å². The van der Waals surface area contributed by atoms with Crippen molar-refractivity contribution >= 4 is 45.1 Å². The van der Waals surface area contributed by atoms with Crippen LogP contribution in [0.5, 0.6) is 0 Å². The number of nitrogens with one attached hydrogen (secondary N) is 1. The van der Waals surface area contributed by atoms with E-state index in [-0.39, 0.29) is 11.2 Å². The third-order valence-corrected chi connectivity index (χ3v) is 7.12. The van der Waals surface area contributed by atoms with Gasteiger partial charge in [-0.1, -0.05) is 30.8 Å². The van der Waals surface area contributed by atoms with Crippen molar-refractivity contribution in [2.75, 3.05) is 18.9 Å². The van der Waals surface area contributed by atoms with Gasteiger partial charge < -0.3 is 14.6 Å². The van der Waals surface area contributed by atoms with Crippen molar-refractivity contribution in [3.8, 4) is 6.07 Å². The van der Waals surface area contributed by atoms with E-state index in [4.69, 9.17) is 4.42 Å². The molecule has 1 N–H and O–H groups in total. The average molecular weight is 413 g/mol. The van der Waals surface area contributed by atoms with Crippen LogP contribution >= 0.6 is 23.1 Å². The minimum absolute atomic E-state index is 0.127. The maximum atomic E-state index is 12.9. The Morgan fingerprint density at radius 3 is 3.07 bits per heavy atom. The molecule has 1 aliphatic heterocycles. The lowest BCUT2D eigenvalue weighted by atomic mass is 10.0. The van der Waals surface area contributed by atoms with Crippen LogP contribution in [0.25, 0.3) is 11.1 Å². The first-order chi connectivity index (χ1) is 13.6. The Kier molecular flexibility index (Phi) is 5.40. The topological polar surface area (TPSA) is 82.2 Å². The number of benzene rings is 1. The summed E-state index contributed by atoms with van der Waals surface area (Å²) in [5.74, 6) is -0.127. The van der Waals surface area contributed by atoms with E-state index in [0.717, 1.165) is 30.6 Å². The van der Waals surface area contributed by atoms with E-state index in [0.29, 0.717) is 27.8 Å². The molecular weight excluding hydrogens is 392 g/mol. The van der Waals surface area contributed by atoms with Gasteiger partial charge in [0.15, 0.2) is 5.58 Å². The van der Waals surface area contributed by atoms with Gasteiger partial charge in [0.1, 0.15) is 16.6 Å². The van der Waals surface area contributed by atoms with E-state index in [1.165, 1.54) is 28.0 Å². The molecule has 1 aliphatic rings. The quantitative estimate of drug-likeness (QED) is 0.631. The highest BCUT2D eigenvalue weighted by molar-refractivity contribution is 8.00. The number of amides is 1. The van der Waals surface area contributed by atoms with Crippen LogP contribution in [0.3, 0.4) is 0 Å². The fourth-order valence-electron chi connectivity index (χ4n) is 3.28. The van der Waals surface area contributed by atoms with Crippen molar-refractivity contribution in [3.63, 3.8) is 0 Å². The van der Waals surface area contributed by atoms with Gasteiger partial charge in [0.05, 0.1) is 10.8 Å². The second-order valence-electron chi connectivity index (χ2n) is 6.76. The Bertz CT molecular complexity index is 1030. The number of thioether (sulfide) groups is 1. The molecular formula is C20H20N4O2S2. The molecule has 1 aromatic carbocycles. The van der Waals surface area contributed by atoms with Crippen LogP contribution in [0.15, 0.2) is 33.9 Å². The van der Waals surface area contributed by atoms with Crippen LogP contribution < -0.4 is 5.32 Å². The molecule has 1 amide bonds. The fraction of sp³-hybridized carbons (Fsp3) is 0.350. The molecule has 0 radical (unpaired) electrons. The minimum atomic E-state index is -0.346. The maximum Gasteiger partial charge on any atom is 0.257 e. The molecule has 0 saturated carbocycles. The lowest BCUT2D eigenvalue weighted by molar-refractivity contribution is -0.115. The molecule has 3 heterocycles. The van der Waals surface area contributed by atoms with Gasteiger partial charge in [-0.25, -0.2) is 4.98 Å². The Hall–Kier alpha value is -2.34.